The van der Waals surface area contributed by atoms with Crippen molar-refractivity contribution in [2.75, 3.05) is 25.6 Å². The Morgan fingerprint density at radius 1 is 1.42 bits per heavy atom. The number of hydrogen-bond acceptors (Lipinski definition) is 4. The fourth-order valence-corrected chi connectivity index (χ4v) is 2.10. The Bertz CT molecular complexity index is 502. The molecule has 0 aliphatic carbocycles. The third-order valence-electron chi connectivity index (χ3n) is 3.35. The van der Waals surface area contributed by atoms with Crippen LogP contribution in [0.3, 0.4) is 0 Å². The van der Waals surface area contributed by atoms with Crippen molar-refractivity contribution in [2.24, 2.45) is 5.41 Å². The standard InChI is InChI=1S/C14H16N2O3/c1-18-12-5-3-2-4-11(12)16-13(17)14(10-15)6-8-19-9-7-14/h2-5H,6-9H2,1H3,(H,16,17). The Labute approximate surface area is 112 Å². The number of rotatable bonds is 3. The summed E-state index contributed by atoms with van der Waals surface area (Å²) in [5.74, 6) is 0.291. The molecule has 0 unspecified atom stereocenters. The molecule has 1 fully saturated rings. The summed E-state index contributed by atoms with van der Waals surface area (Å²) < 4.78 is 10.4. The Kier molecular flexibility index (Phi) is 4.03. The zero-order valence-corrected chi connectivity index (χ0v) is 10.8. The molecule has 0 aromatic heterocycles. The van der Waals surface area contributed by atoms with Crippen LogP contribution in [0.2, 0.25) is 0 Å². The van der Waals surface area contributed by atoms with Crippen molar-refractivity contribution in [3.63, 3.8) is 0 Å². The average Bonchev–Trinajstić information content (AvgIpc) is 2.48. The van der Waals surface area contributed by atoms with Crippen LogP contribution < -0.4 is 10.1 Å². The highest BCUT2D eigenvalue weighted by Crippen LogP contribution is 2.32. The molecule has 1 amide bonds. The number of carbonyl (C=O) groups is 1. The number of nitriles is 1. The summed E-state index contributed by atoms with van der Waals surface area (Å²) in [6.45, 7) is 0.875. The molecule has 100 valence electrons. The highest BCUT2D eigenvalue weighted by Gasteiger charge is 2.40. The number of carbonyl (C=O) groups excluding carboxylic acids is 1. The minimum Gasteiger partial charge on any atom is -0.495 e. The Morgan fingerprint density at radius 3 is 2.74 bits per heavy atom. The molecule has 2 rings (SSSR count). The van der Waals surface area contributed by atoms with Crippen LogP contribution in [0.25, 0.3) is 0 Å². The van der Waals surface area contributed by atoms with E-state index >= 15 is 0 Å². The Morgan fingerprint density at radius 2 is 2.11 bits per heavy atom. The molecule has 0 saturated carbocycles. The predicted octanol–water partition coefficient (Wildman–Crippen LogP) is 1.95. The van der Waals surface area contributed by atoms with Gasteiger partial charge in [-0.25, -0.2) is 0 Å². The number of ether oxygens (including phenoxy) is 2. The first-order valence-electron chi connectivity index (χ1n) is 6.15. The van der Waals surface area contributed by atoms with Gasteiger partial charge in [0.05, 0.1) is 18.9 Å². The van der Waals surface area contributed by atoms with Crippen LogP contribution in [0, 0.1) is 16.7 Å². The highest BCUT2D eigenvalue weighted by atomic mass is 16.5. The van der Waals surface area contributed by atoms with E-state index in [-0.39, 0.29) is 5.91 Å². The zero-order chi connectivity index (χ0) is 13.7. The van der Waals surface area contributed by atoms with E-state index in [1.807, 2.05) is 6.07 Å². The molecule has 5 heteroatoms. The lowest BCUT2D eigenvalue weighted by molar-refractivity contribution is -0.126. The van der Waals surface area contributed by atoms with E-state index < -0.39 is 5.41 Å². The maximum Gasteiger partial charge on any atom is 0.245 e. The SMILES string of the molecule is COc1ccccc1NC(=O)C1(C#N)CCOCC1. The second-order valence-electron chi connectivity index (χ2n) is 4.46. The van der Waals surface area contributed by atoms with Crippen LogP contribution in [0.1, 0.15) is 12.8 Å². The van der Waals surface area contributed by atoms with Crippen LogP contribution in [0.5, 0.6) is 5.75 Å². The molecule has 1 N–H and O–H groups in total. The maximum atomic E-state index is 12.3. The summed E-state index contributed by atoms with van der Waals surface area (Å²) in [6, 6.07) is 9.28. The van der Waals surface area contributed by atoms with Crippen LogP contribution in [0.4, 0.5) is 5.69 Å². The van der Waals surface area contributed by atoms with Crippen molar-refractivity contribution in [2.45, 2.75) is 12.8 Å². The molecule has 1 aliphatic heterocycles. The van der Waals surface area contributed by atoms with Crippen molar-refractivity contribution in [1.82, 2.24) is 0 Å². The topological polar surface area (TPSA) is 71.3 Å². The minimum atomic E-state index is -1.00. The van der Waals surface area contributed by atoms with Gasteiger partial charge in [0.2, 0.25) is 5.91 Å². The first-order valence-corrected chi connectivity index (χ1v) is 6.15. The smallest absolute Gasteiger partial charge is 0.245 e. The molecule has 0 radical (unpaired) electrons. The number of hydrogen-bond donors (Lipinski definition) is 1. The number of anilines is 1. The summed E-state index contributed by atoms with van der Waals surface area (Å²) >= 11 is 0. The normalized spacial score (nSPS) is 17.3. The van der Waals surface area contributed by atoms with E-state index in [2.05, 4.69) is 11.4 Å². The summed E-state index contributed by atoms with van der Waals surface area (Å²) in [5.41, 5.74) is -0.421. The maximum absolute atomic E-state index is 12.3. The first-order chi connectivity index (χ1) is 9.22. The molecule has 1 aromatic carbocycles. The minimum absolute atomic E-state index is 0.289. The van der Waals surface area contributed by atoms with E-state index in [1.165, 1.54) is 0 Å². The first kappa shape index (κ1) is 13.4. The van der Waals surface area contributed by atoms with Gasteiger partial charge in [-0.1, -0.05) is 12.1 Å². The van der Waals surface area contributed by atoms with Gasteiger partial charge in [0.1, 0.15) is 11.2 Å². The van der Waals surface area contributed by atoms with E-state index in [4.69, 9.17) is 9.47 Å². The van der Waals surface area contributed by atoms with E-state index in [9.17, 15) is 10.1 Å². The zero-order valence-electron chi connectivity index (χ0n) is 10.8. The van der Waals surface area contributed by atoms with Gasteiger partial charge in [-0.3, -0.25) is 4.79 Å². The van der Waals surface area contributed by atoms with E-state index in [1.54, 1.807) is 25.3 Å². The number of amides is 1. The summed E-state index contributed by atoms with van der Waals surface area (Å²) in [6.07, 6.45) is 0.842. The second kappa shape index (κ2) is 5.72. The largest absolute Gasteiger partial charge is 0.495 e. The lowest BCUT2D eigenvalue weighted by Gasteiger charge is -2.29. The summed E-state index contributed by atoms with van der Waals surface area (Å²) in [4.78, 5) is 12.3. The predicted molar refractivity (Wildman–Crippen MR) is 69.7 cm³/mol. The molecule has 1 saturated heterocycles. The number of methoxy groups -OCH3 is 1. The lowest BCUT2D eigenvalue weighted by Crippen LogP contribution is -2.40. The number of para-hydroxylation sites is 2. The second-order valence-corrected chi connectivity index (χ2v) is 4.46. The summed E-state index contributed by atoms with van der Waals surface area (Å²) in [5, 5.41) is 12.1. The van der Waals surface area contributed by atoms with Crippen LogP contribution >= 0.6 is 0 Å². The van der Waals surface area contributed by atoms with Gasteiger partial charge in [0.15, 0.2) is 0 Å². The quantitative estimate of drug-likeness (QED) is 0.901. The van der Waals surface area contributed by atoms with Crippen LogP contribution in [-0.4, -0.2) is 26.2 Å². The molecule has 1 aliphatic rings. The monoisotopic (exact) mass is 260 g/mol. The molecule has 0 spiro atoms. The van der Waals surface area contributed by atoms with Crippen molar-refractivity contribution in [3.05, 3.63) is 24.3 Å². The van der Waals surface area contributed by atoms with Gasteiger partial charge in [-0.2, -0.15) is 5.26 Å². The number of benzene rings is 1. The van der Waals surface area contributed by atoms with Gasteiger partial charge < -0.3 is 14.8 Å². The average molecular weight is 260 g/mol. The van der Waals surface area contributed by atoms with Gasteiger partial charge >= 0.3 is 0 Å². The molecular formula is C14H16N2O3. The van der Waals surface area contributed by atoms with Crippen molar-refractivity contribution in [3.8, 4) is 11.8 Å². The fourth-order valence-electron chi connectivity index (χ4n) is 2.10. The van der Waals surface area contributed by atoms with Crippen LogP contribution in [-0.2, 0) is 9.53 Å². The van der Waals surface area contributed by atoms with E-state index in [0.29, 0.717) is 37.5 Å². The Hall–Kier alpha value is -2.06. The third kappa shape index (κ3) is 2.69. The third-order valence-corrected chi connectivity index (χ3v) is 3.35. The molecular weight excluding hydrogens is 244 g/mol. The molecule has 1 heterocycles. The molecule has 0 atom stereocenters. The van der Waals surface area contributed by atoms with Crippen molar-refractivity contribution >= 4 is 11.6 Å². The fraction of sp³-hybridized carbons (Fsp3) is 0.429. The van der Waals surface area contributed by atoms with Gasteiger partial charge in [0.25, 0.3) is 0 Å². The van der Waals surface area contributed by atoms with E-state index in [0.717, 1.165) is 0 Å². The van der Waals surface area contributed by atoms with Crippen molar-refractivity contribution < 1.29 is 14.3 Å². The van der Waals surface area contributed by atoms with Gasteiger partial charge in [-0.15, -0.1) is 0 Å². The molecule has 19 heavy (non-hydrogen) atoms. The van der Waals surface area contributed by atoms with Gasteiger partial charge in [0, 0.05) is 13.2 Å². The summed E-state index contributed by atoms with van der Waals surface area (Å²) in [7, 11) is 1.54. The number of nitrogens with one attached hydrogen (secondary N) is 1. The lowest BCUT2D eigenvalue weighted by atomic mass is 9.81. The van der Waals surface area contributed by atoms with Crippen molar-refractivity contribution in [1.29, 1.82) is 5.26 Å². The van der Waals surface area contributed by atoms with Gasteiger partial charge in [-0.05, 0) is 25.0 Å². The number of nitrogens with zero attached hydrogens (tertiary/aromatic N) is 1. The van der Waals surface area contributed by atoms with Crippen LogP contribution in [0.15, 0.2) is 24.3 Å². The highest BCUT2D eigenvalue weighted by molar-refractivity contribution is 5.98. The molecule has 5 nitrogen and oxygen atoms in total. The Balaban J connectivity index is 2.18. The molecule has 1 aromatic rings. The molecule has 0 bridgehead atoms.